The third-order valence-electron chi connectivity index (χ3n) is 3.83. The van der Waals surface area contributed by atoms with Crippen molar-refractivity contribution in [3.8, 4) is 11.1 Å². The van der Waals surface area contributed by atoms with E-state index >= 15 is 0 Å². The number of anilines is 1. The minimum atomic E-state index is -0.629. The van der Waals surface area contributed by atoms with Crippen LogP contribution < -0.4 is 5.32 Å². The molecule has 0 aliphatic carbocycles. The zero-order valence-corrected chi connectivity index (χ0v) is 15.9. The molecule has 0 saturated heterocycles. The summed E-state index contributed by atoms with van der Waals surface area (Å²) in [5.74, 6) is -0.445. The Kier molecular flexibility index (Phi) is 5.55. The molecule has 0 atom stereocenters. The number of hydrogen-bond donors (Lipinski definition) is 1. The van der Waals surface area contributed by atoms with Gasteiger partial charge in [0, 0.05) is 23.1 Å². The fraction of sp³-hybridized carbons (Fsp3) is 0.158. The van der Waals surface area contributed by atoms with Crippen molar-refractivity contribution in [3.05, 3.63) is 69.0 Å². The number of carbonyl (C=O) groups is 2. The zero-order chi connectivity index (χ0) is 20.3. The van der Waals surface area contributed by atoms with E-state index in [0.717, 1.165) is 11.3 Å². The Morgan fingerprint density at radius 1 is 1.29 bits per heavy atom. The Morgan fingerprint density at radius 2 is 2.07 bits per heavy atom. The fourth-order valence-electron chi connectivity index (χ4n) is 2.58. The van der Waals surface area contributed by atoms with Gasteiger partial charge in [0.2, 0.25) is 0 Å². The van der Waals surface area contributed by atoms with Crippen LogP contribution in [0, 0.1) is 17.0 Å². The molecule has 0 aliphatic heterocycles. The van der Waals surface area contributed by atoms with Crippen LogP contribution in [-0.4, -0.2) is 23.4 Å². The number of aryl methyl sites for hydroxylation is 1. The molecule has 0 aliphatic rings. The fourth-order valence-corrected chi connectivity index (χ4v) is 3.53. The van der Waals surface area contributed by atoms with Crippen LogP contribution in [0.5, 0.6) is 0 Å². The van der Waals surface area contributed by atoms with E-state index in [1.54, 1.807) is 31.4 Å². The quantitative estimate of drug-likeness (QED) is 0.366. The molecule has 0 bridgehead atoms. The highest BCUT2D eigenvalue weighted by molar-refractivity contribution is 7.15. The summed E-state index contributed by atoms with van der Waals surface area (Å²) in [7, 11) is 0. The predicted molar refractivity (Wildman–Crippen MR) is 104 cm³/mol. The number of furan rings is 1. The van der Waals surface area contributed by atoms with Crippen LogP contribution in [-0.2, 0) is 4.74 Å². The Bertz CT molecular complexity index is 1050. The number of nitrogens with one attached hydrogen (secondary N) is 1. The van der Waals surface area contributed by atoms with Crippen LogP contribution in [0.15, 0.2) is 46.2 Å². The van der Waals surface area contributed by atoms with Crippen LogP contribution in [0.3, 0.4) is 0 Å². The van der Waals surface area contributed by atoms with Gasteiger partial charge >= 0.3 is 5.97 Å². The van der Waals surface area contributed by atoms with E-state index in [2.05, 4.69) is 5.32 Å². The SMILES string of the molecule is CCOC(=O)c1c(-c2cccc([N+](=O)[O-])c2)csc1NC(=O)c1ccc(C)o1. The summed E-state index contributed by atoms with van der Waals surface area (Å²) in [6.07, 6.45) is 0. The molecule has 9 heteroatoms. The maximum absolute atomic E-state index is 12.5. The lowest BCUT2D eigenvalue weighted by Gasteiger charge is -2.08. The predicted octanol–water partition coefficient (Wildman–Crippen LogP) is 4.65. The average Bonchev–Trinajstić information content (AvgIpc) is 3.28. The van der Waals surface area contributed by atoms with Crippen LogP contribution in [0.1, 0.15) is 33.6 Å². The van der Waals surface area contributed by atoms with Crippen LogP contribution in [0.2, 0.25) is 0 Å². The molecule has 0 saturated carbocycles. The second kappa shape index (κ2) is 8.05. The van der Waals surface area contributed by atoms with Gasteiger partial charge in [-0.2, -0.15) is 0 Å². The third-order valence-corrected chi connectivity index (χ3v) is 4.73. The first kappa shape index (κ1) is 19.3. The van der Waals surface area contributed by atoms with Crippen molar-refractivity contribution in [2.75, 3.05) is 11.9 Å². The number of thiophene rings is 1. The third kappa shape index (κ3) is 3.94. The maximum atomic E-state index is 12.5. The summed E-state index contributed by atoms with van der Waals surface area (Å²) in [4.78, 5) is 35.5. The molecule has 3 aromatic rings. The standard InChI is InChI=1S/C19H16N2O6S/c1-3-26-19(23)16-14(12-5-4-6-13(9-12)21(24)25)10-28-18(16)20-17(22)15-8-7-11(2)27-15/h4-10H,3H2,1-2H3,(H,20,22). The largest absolute Gasteiger partial charge is 0.462 e. The van der Waals surface area contributed by atoms with Crippen molar-refractivity contribution >= 4 is 33.9 Å². The second-order valence-electron chi connectivity index (χ2n) is 5.75. The summed E-state index contributed by atoms with van der Waals surface area (Å²) in [6, 6.07) is 9.10. The Morgan fingerprint density at radius 3 is 2.71 bits per heavy atom. The monoisotopic (exact) mass is 400 g/mol. The molecule has 0 unspecified atom stereocenters. The van der Waals surface area contributed by atoms with Gasteiger partial charge in [0.05, 0.1) is 11.5 Å². The number of ether oxygens (including phenoxy) is 1. The molecular weight excluding hydrogens is 384 g/mol. The lowest BCUT2D eigenvalue weighted by molar-refractivity contribution is -0.384. The molecule has 28 heavy (non-hydrogen) atoms. The first-order valence-corrected chi connectivity index (χ1v) is 9.20. The lowest BCUT2D eigenvalue weighted by atomic mass is 10.0. The molecule has 0 spiro atoms. The Labute approximate surface area is 163 Å². The summed E-state index contributed by atoms with van der Waals surface area (Å²) >= 11 is 1.12. The molecule has 1 amide bonds. The number of rotatable bonds is 6. The molecule has 3 rings (SSSR count). The molecule has 2 aromatic heterocycles. The van der Waals surface area contributed by atoms with Crippen molar-refractivity contribution < 1.29 is 23.7 Å². The van der Waals surface area contributed by atoms with Gasteiger partial charge in [-0.05, 0) is 31.5 Å². The van der Waals surface area contributed by atoms with Gasteiger partial charge in [-0.15, -0.1) is 11.3 Å². The van der Waals surface area contributed by atoms with E-state index in [1.807, 2.05) is 0 Å². The van der Waals surface area contributed by atoms with Crippen LogP contribution >= 0.6 is 11.3 Å². The number of non-ortho nitro benzene ring substituents is 1. The minimum Gasteiger partial charge on any atom is -0.462 e. The van der Waals surface area contributed by atoms with Crippen molar-refractivity contribution in [3.63, 3.8) is 0 Å². The molecule has 8 nitrogen and oxygen atoms in total. The van der Waals surface area contributed by atoms with Crippen LogP contribution in [0.25, 0.3) is 11.1 Å². The van der Waals surface area contributed by atoms with E-state index in [9.17, 15) is 19.7 Å². The lowest BCUT2D eigenvalue weighted by Crippen LogP contribution is -2.14. The first-order chi connectivity index (χ1) is 13.4. The zero-order valence-electron chi connectivity index (χ0n) is 15.1. The van der Waals surface area contributed by atoms with Gasteiger partial charge in [-0.25, -0.2) is 4.79 Å². The van der Waals surface area contributed by atoms with Gasteiger partial charge in [-0.3, -0.25) is 14.9 Å². The van der Waals surface area contributed by atoms with Gasteiger partial charge < -0.3 is 14.5 Å². The van der Waals surface area contributed by atoms with E-state index in [-0.39, 0.29) is 28.6 Å². The van der Waals surface area contributed by atoms with E-state index in [4.69, 9.17) is 9.15 Å². The van der Waals surface area contributed by atoms with Crippen LogP contribution in [0.4, 0.5) is 10.7 Å². The van der Waals surface area contributed by atoms with Gasteiger partial charge in [-0.1, -0.05) is 12.1 Å². The molecule has 1 aromatic carbocycles. The number of nitro benzene ring substituents is 1. The Hall–Kier alpha value is -3.46. The summed E-state index contributed by atoms with van der Waals surface area (Å²) in [6.45, 7) is 3.53. The average molecular weight is 400 g/mol. The highest BCUT2D eigenvalue weighted by Gasteiger charge is 2.24. The molecule has 2 heterocycles. The van der Waals surface area contributed by atoms with E-state index in [0.29, 0.717) is 16.9 Å². The number of hydrogen-bond acceptors (Lipinski definition) is 7. The number of nitrogens with zero attached hydrogens (tertiary/aromatic N) is 1. The number of amides is 1. The highest BCUT2D eigenvalue weighted by atomic mass is 32.1. The maximum Gasteiger partial charge on any atom is 0.341 e. The molecule has 1 N–H and O–H groups in total. The van der Waals surface area contributed by atoms with Gasteiger partial charge in [0.1, 0.15) is 16.3 Å². The minimum absolute atomic E-state index is 0.102. The number of nitro groups is 1. The number of benzene rings is 1. The molecule has 144 valence electrons. The topological polar surface area (TPSA) is 112 Å². The second-order valence-corrected chi connectivity index (χ2v) is 6.63. The van der Waals surface area contributed by atoms with Crippen molar-refractivity contribution in [1.82, 2.24) is 0 Å². The van der Waals surface area contributed by atoms with Gasteiger partial charge in [0.25, 0.3) is 11.6 Å². The number of carbonyl (C=O) groups excluding carboxylic acids is 2. The van der Waals surface area contributed by atoms with E-state index < -0.39 is 16.8 Å². The van der Waals surface area contributed by atoms with Gasteiger partial charge in [0.15, 0.2) is 5.76 Å². The molecule has 0 fully saturated rings. The first-order valence-electron chi connectivity index (χ1n) is 8.32. The normalized spacial score (nSPS) is 10.5. The summed E-state index contributed by atoms with van der Waals surface area (Å²) < 4.78 is 10.4. The Balaban J connectivity index is 2.02. The number of esters is 1. The summed E-state index contributed by atoms with van der Waals surface area (Å²) in [5, 5.41) is 15.6. The molecular formula is C19H16N2O6S. The summed E-state index contributed by atoms with van der Waals surface area (Å²) in [5.41, 5.74) is 0.958. The highest BCUT2D eigenvalue weighted by Crippen LogP contribution is 2.37. The molecule has 0 radical (unpaired) electrons. The van der Waals surface area contributed by atoms with E-state index in [1.165, 1.54) is 24.3 Å². The van der Waals surface area contributed by atoms with Crippen molar-refractivity contribution in [1.29, 1.82) is 0 Å². The smallest absolute Gasteiger partial charge is 0.341 e. The van der Waals surface area contributed by atoms with Crippen molar-refractivity contribution in [2.24, 2.45) is 0 Å². The van der Waals surface area contributed by atoms with Crippen molar-refractivity contribution in [2.45, 2.75) is 13.8 Å².